The SMILES string of the molecule is O=[PH](O)O.c1ccc(Nc2ccccc2)cc1. The third kappa shape index (κ3) is 6.53. The van der Waals surface area contributed by atoms with Crippen molar-refractivity contribution in [1.29, 1.82) is 0 Å². The number of para-hydroxylation sites is 2. The van der Waals surface area contributed by atoms with Gasteiger partial charge in [0.25, 0.3) is 0 Å². The fraction of sp³-hybridized carbons (Fsp3) is 0. The van der Waals surface area contributed by atoms with Gasteiger partial charge in [0.2, 0.25) is 0 Å². The zero-order valence-corrected chi connectivity index (χ0v) is 10.1. The maximum Gasteiger partial charge on any atom is 0.314 e. The molecule has 0 aliphatic heterocycles. The molecule has 3 N–H and O–H groups in total. The van der Waals surface area contributed by atoms with E-state index in [0.717, 1.165) is 11.4 Å². The smallest absolute Gasteiger partial charge is 0.314 e. The average molecular weight is 251 g/mol. The molecule has 0 aliphatic carbocycles. The normalized spacial score (nSPS) is 9.35. The van der Waals surface area contributed by atoms with Crippen molar-refractivity contribution in [3.05, 3.63) is 60.7 Å². The Labute approximate surface area is 101 Å². The Morgan fingerprint density at radius 2 is 1.06 bits per heavy atom. The van der Waals surface area contributed by atoms with Crippen LogP contribution in [0.2, 0.25) is 0 Å². The zero-order chi connectivity index (χ0) is 12.5. The van der Waals surface area contributed by atoms with Gasteiger partial charge in [-0.1, -0.05) is 36.4 Å². The van der Waals surface area contributed by atoms with Crippen molar-refractivity contribution in [2.24, 2.45) is 0 Å². The molecule has 0 heterocycles. The second-order valence-corrected chi connectivity index (χ2v) is 3.70. The van der Waals surface area contributed by atoms with Crippen LogP contribution < -0.4 is 5.32 Å². The van der Waals surface area contributed by atoms with Crippen LogP contribution in [0.4, 0.5) is 11.4 Å². The van der Waals surface area contributed by atoms with Gasteiger partial charge in [0.1, 0.15) is 0 Å². The Hall–Kier alpha value is -1.61. The van der Waals surface area contributed by atoms with E-state index in [9.17, 15) is 0 Å². The highest BCUT2D eigenvalue weighted by Crippen LogP contribution is 2.14. The van der Waals surface area contributed by atoms with Crippen LogP contribution in [-0.4, -0.2) is 9.79 Å². The van der Waals surface area contributed by atoms with Gasteiger partial charge in [-0.05, 0) is 24.3 Å². The number of anilines is 2. The van der Waals surface area contributed by atoms with Crippen LogP contribution in [0, 0.1) is 0 Å². The molecular formula is C12H14NO3P. The molecule has 0 aromatic heterocycles. The van der Waals surface area contributed by atoms with Crippen LogP contribution in [0.25, 0.3) is 0 Å². The van der Waals surface area contributed by atoms with Gasteiger partial charge in [-0.2, -0.15) is 0 Å². The number of hydrogen-bond acceptors (Lipinski definition) is 2. The quantitative estimate of drug-likeness (QED) is 0.718. The first-order chi connectivity index (χ1) is 8.18. The molecule has 0 saturated carbocycles. The highest BCUT2D eigenvalue weighted by atomic mass is 31.1. The molecule has 5 heteroatoms. The van der Waals surface area contributed by atoms with E-state index in [1.807, 2.05) is 60.7 Å². The first-order valence-electron chi connectivity index (χ1n) is 4.97. The van der Waals surface area contributed by atoms with Crippen molar-refractivity contribution in [1.82, 2.24) is 0 Å². The molecular weight excluding hydrogens is 237 g/mol. The molecule has 0 unspecified atom stereocenters. The molecule has 4 nitrogen and oxygen atoms in total. The summed E-state index contributed by atoms with van der Waals surface area (Å²) in [7, 11) is -3.13. The van der Waals surface area contributed by atoms with E-state index in [-0.39, 0.29) is 0 Å². The highest BCUT2D eigenvalue weighted by molar-refractivity contribution is 7.30. The van der Waals surface area contributed by atoms with E-state index in [1.165, 1.54) is 0 Å². The second-order valence-electron chi connectivity index (χ2n) is 3.14. The van der Waals surface area contributed by atoms with Crippen LogP contribution in [0.15, 0.2) is 60.7 Å². The van der Waals surface area contributed by atoms with E-state index in [4.69, 9.17) is 14.4 Å². The topological polar surface area (TPSA) is 69.6 Å². The first kappa shape index (κ1) is 13.5. The summed E-state index contributed by atoms with van der Waals surface area (Å²) < 4.78 is 8.74. The Kier molecular flexibility index (Phi) is 6.04. The number of rotatable bonds is 2. The van der Waals surface area contributed by atoms with Crippen LogP contribution in [0.5, 0.6) is 0 Å². The fourth-order valence-corrected chi connectivity index (χ4v) is 1.21. The lowest BCUT2D eigenvalue weighted by molar-refractivity contribution is 0.405. The molecule has 0 bridgehead atoms. The Bertz CT molecular complexity index is 406. The Morgan fingerprint density at radius 1 is 0.765 bits per heavy atom. The summed E-state index contributed by atoms with van der Waals surface area (Å²) in [4.78, 5) is 14.3. The highest BCUT2D eigenvalue weighted by Gasteiger charge is 1.89. The van der Waals surface area contributed by atoms with E-state index < -0.39 is 8.25 Å². The largest absolute Gasteiger partial charge is 0.356 e. The average Bonchev–Trinajstić information content (AvgIpc) is 2.31. The number of hydrogen-bond donors (Lipinski definition) is 3. The molecule has 0 aliphatic rings. The number of nitrogens with one attached hydrogen (secondary N) is 1. The molecule has 17 heavy (non-hydrogen) atoms. The molecule has 0 saturated heterocycles. The third-order valence-corrected chi connectivity index (χ3v) is 1.84. The van der Waals surface area contributed by atoms with Crippen molar-refractivity contribution in [2.75, 3.05) is 5.32 Å². The minimum Gasteiger partial charge on any atom is -0.356 e. The molecule has 90 valence electrons. The minimum atomic E-state index is -3.13. The van der Waals surface area contributed by atoms with Crippen molar-refractivity contribution >= 4 is 19.6 Å². The minimum absolute atomic E-state index is 1.12. The van der Waals surface area contributed by atoms with Crippen LogP contribution in [-0.2, 0) is 4.57 Å². The molecule has 0 spiro atoms. The van der Waals surface area contributed by atoms with Crippen molar-refractivity contribution in [2.45, 2.75) is 0 Å². The Balaban J connectivity index is 0.000000317. The lowest BCUT2D eigenvalue weighted by atomic mass is 10.3. The van der Waals surface area contributed by atoms with Crippen molar-refractivity contribution < 1.29 is 14.4 Å². The number of benzene rings is 2. The Morgan fingerprint density at radius 3 is 1.35 bits per heavy atom. The maximum atomic E-state index is 8.74. The maximum absolute atomic E-state index is 8.74. The third-order valence-electron chi connectivity index (χ3n) is 1.84. The lowest BCUT2D eigenvalue weighted by Gasteiger charge is -2.04. The predicted molar refractivity (Wildman–Crippen MR) is 69.6 cm³/mol. The molecule has 0 radical (unpaired) electrons. The van der Waals surface area contributed by atoms with Crippen molar-refractivity contribution in [3.63, 3.8) is 0 Å². The monoisotopic (exact) mass is 251 g/mol. The van der Waals surface area contributed by atoms with Crippen LogP contribution >= 0.6 is 8.25 Å². The summed E-state index contributed by atoms with van der Waals surface area (Å²) in [5.41, 5.74) is 2.24. The van der Waals surface area contributed by atoms with Crippen molar-refractivity contribution in [3.8, 4) is 0 Å². The van der Waals surface area contributed by atoms with Gasteiger partial charge < -0.3 is 15.1 Å². The van der Waals surface area contributed by atoms with E-state index in [0.29, 0.717) is 0 Å². The molecule has 2 rings (SSSR count). The van der Waals surface area contributed by atoms with Gasteiger partial charge in [0.15, 0.2) is 0 Å². The van der Waals surface area contributed by atoms with Crippen LogP contribution in [0.3, 0.4) is 0 Å². The summed E-state index contributed by atoms with van der Waals surface area (Å²) >= 11 is 0. The van der Waals surface area contributed by atoms with Gasteiger partial charge in [-0.25, -0.2) is 0 Å². The molecule has 2 aromatic carbocycles. The predicted octanol–water partition coefficient (Wildman–Crippen LogP) is 2.79. The van der Waals surface area contributed by atoms with Gasteiger partial charge in [0.05, 0.1) is 0 Å². The zero-order valence-electron chi connectivity index (χ0n) is 9.08. The molecule has 0 atom stereocenters. The van der Waals surface area contributed by atoms with Gasteiger partial charge in [0, 0.05) is 11.4 Å². The molecule has 0 amide bonds. The standard InChI is InChI=1S/C12H11N.H3O3P/c1-3-7-11(8-4-1)13-12-9-5-2-6-10-12;1-4(2)3/h1-10,13H;4H,(H2,1,2,3). The summed E-state index contributed by atoms with van der Waals surface area (Å²) in [5.74, 6) is 0. The van der Waals surface area contributed by atoms with Gasteiger partial charge >= 0.3 is 8.25 Å². The van der Waals surface area contributed by atoms with E-state index >= 15 is 0 Å². The lowest BCUT2D eigenvalue weighted by Crippen LogP contribution is -1.87. The second kappa shape index (κ2) is 7.63. The summed E-state index contributed by atoms with van der Waals surface area (Å²) in [6.07, 6.45) is 0. The summed E-state index contributed by atoms with van der Waals surface area (Å²) in [6, 6.07) is 20.3. The van der Waals surface area contributed by atoms with Crippen LogP contribution in [0.1, 0.15) is 0 Å². The fourth-order valence-electron chi connectivity index (χ4n) is 1.21. The molecule has 0 fully saturated rings. The van der Waals surface area contributed by atoms with E-state index in [1.54, 1.807) is 0 Å². The van der Waals surface area contributed by atoms with Gasteiger partial charge in [-0.3, -0.25) is 4.57 Å². The summed E-state index contributed by atoms with van der Waals surface area (Å²) in [5, 5.41) is 3.30. The van der Waals surface area contributed by atoms with E-state index in [2.05, 4.69) is 5.32 Å². The first-order valence-corrected chi connectivity index (χ1v) is 6.28. The van der Waals surface area contributed by atoms with Gasteiger partial charge in [-0.15, -0.1) is 0 Å². The molecule has 2 aromatic rings. The summed E-state index contributed by atoms with van der Waals surface area (Å²) in [6.45, 7) is 0.